The van der Waals surface area contributed by atoms with E-state index in [1.165, 1.54) is 12.1 Å². The Morgan fingerprint density at radius 1 is 1.44 bits per heavy atom. The summed E-state index contributed by atoms with van der Waals surface area (Å²) < 4.78 is 0. The van der Waals surface area contributed by atoms with Crippen LogP contribution in [0.4, 0.5) is 0 Å². The number of benzene rings is 1. The van der Waals surface area contributed by atoms with Gasteiger partial charge in [-0.25, -0.2) is 0 Å². The molecule has 16 heavy (non-hydrogen) atoms. The Hall–Kier alpha value is -2.37. The maximum Gasteiger partial charge on any atom is 0.285 e. The van der Waals surface area contributed by atoms with E-state index in [-0.39, 0.29) is 23.6 Å². The van der Waals surface area contributed by atoms with Crippen LogP contribution in [0, 0.1) is 0 Å². The predicted molar refractivity (Wildman–Crippen MR) is 55.5 cm³/mol. The molecule has 0 fully saturated rings. The van der Waals surface area contributed by atoms with Crippen molar-refractivity contribution in [2.24, 2.45) is 10.8 Å². The summed E-state index contributed by atoms with van der Waals surface area (Å²) in [7, 11) is 0. The number of amidine groups is 1. The summed E-state index contributed by atoms with van der Waals surface area (Å²) in [6, 6.07) is 5.94. The molecular weight excluding hydrogens is 210 g/mol. The fourth-order valence-corrected chi connectivity index (χ4v) is 1.38. The molecule has 0 spiro atoms. The lowest BCUT2D eigenvalue weighted by Gasteiger charge is -2.10. The molecule has 0 saturated carbocycles. The number of carbonyl (C=O) groups is 2. The number of hydrazone groups is 1. The van der Waals surface area contributed by atoms with Crippen LogP contribution in [-0.4, -0.2) is 27.8 Å². The monoisotopic (exact) mass is 219 g/mol. The Morgan fingerprint density at radius 3 is 2.69 bits per heavy atom. The van der Waals surface area contributed by atoms with Gasteiger partial charge in [0.05, 0.1) is 12.0 Å². The smallest absolute Gasteiger partial charge is 0.285 e. The second-order valence-electron chi connectivity index (χ2n) is 3.30. The normalized spacial score (nSPS) is 15.1. The second-order valence-corrected chi connectivity index (χ2v) is 3.30. The van der Waals surface area contributed by atoms with Crippen molar-refractivity contribution in [1.82, 2.24) is 5.01 Å². The van der Waals surface area contributed by atoms with Crippen LogP contribution in [0.5, 0.6) is 5.75 Å². The van der Waals surface area contributed by atoms with Gasteiger partial charge in [0.1, 0.15) is 11.6 Å². The molecular formula is C10H9N3O3. The molecule has 3 N–H and O–H groups in total. The molecule has 6 heteroatoms. The highest BCUT2D eigenvalue weighted by Crippen LogP contribution is 2.19. The molecule has 0 atom stereocenters. The fraction of sp³-hybridized carbons (Fsp3) is 0.100. The maximum absolute atomic E-state index is 11.8. The number of aromatic hydroxyl groups is 1. The van der Waals surface area contributed by atoms with Gasteiger partial charge in [-0.15, -0.1) is 5.10 Å². The summed E-state index contributed by atoms with van der Waals surface area (Å²) in [4.78, 5) is 23.1. The first kappa shape index (κ1) is 10.2. The summed E-state index contributed by atoms with van der Waals surface area (Å²) >= 11 is 0. The number of hydrogen-bond donors (Lipinski definition) is 2. The number of nitrogens with two attached hydrogens (primary N) is 1. The minimum atomic E-state index is -0.677. The summed E-state index contributed by atoms with van der Waals surface area (Å²) in [6.45, 7) is 0. The molecule has 2 rings (SSSR count). The van der Waals surface area contributed by atoms with Crippen molar-refractivity contribution in [2.75, 3.05) is 0 Å². The molecule has 1 aromatic carbocycles. The first-order chi connectivity index (χ1) is 7.59. The van der Waals surface area contributed by atoms with Gasteiger partial charge in [-0.3, -0.25) is 9.59 Å². The number of imide groups is 1. The third-order valence-corrected chi connectivity index (χ3v) is 2.12. The van der Waals surface area contributed by atoms with Gasteiger partial charge < -0.3 is 10.8 Å². The lowest BCUT2D eigenvalue weighted by atomic mass is 10.2. The van der Waals surface area contributed by atoms with Crippen LogP contribution in [0.2, 0.25) is 0 Å². The molecule has 6 nitrogen and oxygen atoms in total. The number of para-hydroxylation sites is 1. The molecule has 0 aliphatic carbocycles. The van der Waals surface area contributed by atoms with Crippen molar-refractivity contribution in [3.8, 4) is 5.75 Å². The minimum Gasteiger partial charge on any atom is -0.507 e. The molecule has 0 aromatic heterocycles. The van der Waals surface area contributed by atoms with Gasteiger partial charge in [-0.2, -0.15) is 5.01 Å². The zero-order valence-electron chi connectivity index (χ0n) is 8.25. The molecule has 1 aliphatic rings. The number of phenols is 1. The zero-order valence-corrected chi connectivity index (χ0v) is 8.25. The topological polar surface area (TPSA) is 96.0 Å². The molecule has 0 bridgehead atoms. The van der Waals surface area contributed by atoms with Crippen LogP contribution in [0.3, 0.4) is 0 Å². The number of carbonyl (C=O) groups excluding carboxylic acids is 2. The van der Waals surface area contributed by atoms with Crippen LogP contribution in [-0.2, 0) is 4.79 Å². The number of hydrogen-bond acceptors (Lipinski definition) is 5. The Balaban J connectivity index is 2.34. The van der Waals surface area contributed by atoms with Crippen molar-refractivity contribution in [1.29, 1.82) is 0 Å². The third kappa shape index (κ3) is 1.60. The Kier molecular flexibility index (Phi) is 2.32. The van der Waals surface area contributed by atoms with E-state index in [1.807, 2.05) is 0 Å². The predicted octanol–water partition coefficient (Wildman–Crippen LogP) is 0.0369. The molecule has 1 heterocycles. The van der Waals surface area contributed by atoms with Crippen molar-refractivity contribution < 1.29 is 14.7 Å². The van der Waals surface area contributed by atoms with E-state index >= 15 is 0 Å². The van der Waals surface area contributed by atoms with Crippen LogP contribution < -0.4 is 5.73 Å². The Bertz CT molecular complexity index is 496. The van der Waals surface area contributed by atoms with E-state index in [2.05, 4.69) is 5.10 Å². The Morgan fingerprint density at radius 2 is 2.12 bits per heavy atom. The van der Waals surface area contributed by atoms with Crippen molar-refractivity contribution in [3.63, 3.8) is 0 Å². The fourth-order valence-electron chi connectivity index (χ4n) is 1.38. The van der Waals surface area contributed by atoms with Crippen molar-refractivity contribution >= 4 is 17.6 Å². The number of amides is 2. The van der Waals surface area contributed by atoms with Crippen molar-refractivity contribution in [2.45, 2.75) is 6.42 Å². The summed E-state index contributed by atoms with van der Waals surface area (Å²) in [6.07, 6.45) is -0.0701. The number of phenolic OH excluding ortho intramolecular Hbond substituents is 1. The maximum atomic E-state index is 11.8. The average Bonchev–Trinajstić information content (AvgIpc) is 2.58. The lowest BCUT2D eigenvalue weighted by Crippen LogP contribution is -2.28. The highest BCUT2D eigenvalue weighted by Gasteiger charge is 2.30. The van der Waals surface area contributed by atoms with Crippen LogP contribution in [0.15, 0.2) is 29.4 Å². The molecule has 1 aromatic rings. The second kappa shape index (κ2) is 3.65. The molecule has 2 amide bonds. The lowest BCUT2D eigenvalue weighted by molar-refractivity contribution is -0.126. The molecule has 82 valence electrons. The van der Waals surface area contributed by atoms with Crippen molar-refractivity contribution in [3.05, 3.63) is 29.8 Å². The molecule has 1 aliphatic heterocycles. The first-order valence-electron chi connectivity index (χ1n) is 4.58. The van der Waals surface area contributed by atoms with E-state index in [9.17, 15) is 14.7 Å². The van der Waals surface area contributed by atoms with Gasteiger partial charge in [-0.1, -0.05) is 12.1 Å². The highest BCUT2D eigenvalue weighted by atomic mass is 16.3. The van der Waals surface area contributed by atoms with Crippen LogP contribution >= 0.6 is 0 Å². The minimum absolute atomic E-state index is 0.0225. The van der Waals surface area contributed by atoms with E-state index in [1.54, 1.807) is 12.1 Å². The van der Waals surface area contributed by atoms with E-state index < -0.39 is 11.8 Å². The quantitative estimate of drug-likeness (QED) is 0.651. The van der Waals surface area contributed by atoms with Gasteiger partial charge in [0.15, 0.2) is 0 Å². The third-order valence-electron chi connectivity index (χ3n) is 2.12. The molecule has 0 saturated heterocycles. The summed E-state index contributed by atoms with van der Waals surface area (Å²) in [5.41, 5.74) is 5.36. The van der Waals surface area contributed by atoms with E-state index in [0.717, 1.165) is 0 Å². The molecule has 0 radical (unpaired) electrons. The van der Waals surface area contributed by atoms with Gasteiger partial charge >= 0.3 is 0 Å². The van der Waals surface area contributed by atoms with Crippen LogP contribution in [0.25, 0.3) is 0 Å². The average molecular weight is 219 g/mol. The van der Waals surface area contributed by atoms with Gasteiger partial charge in [0.25, 0.3) is 11.8 Å². The largest absolute Gasteiger partial charge is 0.507 e. The SMILES string of the molecule is NC1=NN(C(=O)c2ccccc2O)C(=O)C1. The van der Waals surface area contributed by atoms with Crippen LogP contribution in [0.1, 0.15) is 16.8 Å². The number of rotatable bonds is 1. The highest BCUT2D eigenvalue weighted by molar-refractivity contribution is 6.14. The summed E-state index contributed by atoms with van der Waals surface area (Å²) in [5.74, 6) is -1.27. The zero-order chi connectivity index (χ0) is 11.7. The number of nitrogens with zero attached hydrogens (tertiary/aromatic N) is 2. The van der Waals surface area contributed by atoms with Gasteiger partial charge in [0, 0.05) is 0 Å². The van der Waals surface area contributed by atoms with Gasteiger partial charge in [-0.05, 0) is 12.1 Å². The Labute approximate surface area is 91.0 Å². The summed E-state index contributed by atoms with van der Waals surface area (Å²) in [5, 5.41) is 13.7. The van der Waals surface area contributed by atoms with E-state index in [4.69, 9.17) is 5.73 Å². The first-order valence-corrected chi connectivity index (χ1v) is 4.58. The van der Waals surface area contributed by atoms with E-state index in [0.29, 0.717) is 5.01 Å². The molecule has 0 unspecified atom stereocenters. The standard InChI is InChI=1S/C10H9N3O3/c11-8-5-9(15)13(12-8)10(16)6-3-1-2-4-7(6)14/h1-4,14H,5H2,(H2,11,12). The van der Waals surface area contributed by atoms with Gasteiger partial charge in [0.2, 0.25) is 0 Å².